The molecule has 5 rings (SSSR count). The summed E-state index contributed by atoms with van der Waals surface area (Å²) in [5.41, 5.74) is 3.47. The molecule has 0 unspecified atom stereocenters. The van der Waals surface area contributed by atoms with Gasteiger partial charge in [0.25, 0.3) is 5.91 Å². The summed E-state index contributed by atoms with van der Waals surface area (Å²) in [7, 11) is 0. The van der Waals surface area contributed by atoms with Crippen molar-refractivity contribution >= 4 is 23.5 Å². The Morgan fingerprint density at radius 2 is 1.90 bits per heavy atom. The van der Waals surface area contributed by atoms with Crippen molar-refractivity contribution in [1.82, 2.24) is 30.0 Å². The van der Waals surface area contributed by atoms with E-state index in [4.69, 9.17) is 16.6 Å². The molecule has 2 aliphatic rings. The fraction of sp³-hybridized carbons (Fsp3) is 0.381. The molecule has 1 aliphatic heterocycles. The average molecular weight is 424 g/mol. The third-order valence-electron chi connectivity index (χ3n) is 5.70. The highest BCUT2D eigenvalue weighted by atomic mass is 35.5. The van der Waals surface area contributed by atoms with Gasteiger partial charge in [-0.2, -0.15) is 5.10 Å². The standard InChI is InChI=1S/C21H22ClN7O/c22-17-12-25-28-19(17)20(30)29-9-5-14(6-10-29)18-16(13-3-7-23-8-4-13)11-24-21(27-18)26-15-1-2-15/h3-4,7-8,11-12,14-15H,1-2,5-6,9-10H2,(H,25,28)(H,24,26,27). The number of aromatic nitrogens is 5. The van der Waals surface area contributed by atoms with E-state index in [0.717, 1.165) is 29.7 Å². The predicted molar refractivity (Wildman–Crippen MR) is 113 cm³/mol. The number of amides is 1. The molecule has 0 atom stereocenters. The van der Waals surface area contributed by atoms with Gasteiger partial charge in [-0.3, -0.25) is 14.9 Å². The highest BCUT2D eigenvalue weighted by molar-refractivity contribution is 6.33. The summed E-state index contributed by atoms with van der Waals surface area (Å²) in [4.78, 5) is 28.1. The topological polar surface area (TPSA) is 99.7 Å². The van der Waals surface area contributed by atoms with Crippen molar-refractivity contribution in [1.29, 1.82) is 0 Å². The lowest BCUT2D eigenvalue weighted by Gasteiger charge is -2.32. The van der Waals surface area contributed by atoms with Crippen molar-refractivity contribution in [3.8, 4) is 11.1 Å². The van der Waals surface area contributed by atoms with Gasteiger partial charge in [-0.1, -0.05) is 11.6 Å². The summed E-state index contributed by atoms with van der Waals surface area (Å²) in [6.45, 7) is 1.29. The van der Waals surface area contributed by atoms with Gasteiger partial charge in [0.15, 0.2) is 0 Å². The normalized spacial score (nSPS) is 17.2. The first-order chi connectivity index (χ1) is 14.7. The Morgan fingerprint density at radius 1 is 1.13 bits per heavy atom. The van der Waals surface area contributed by atoms with Crippen LogP contribution in [0.2, 0.25) is 5.02 Å². The highest BCUT2D eigenvalue weighted by Gasteiger charge is 2.29. The number of hydrogen-bond donors (Lipinski definition) is 2. The maximum Gasteiger partial charge on any atom is 0.273 e. The quantitative estimate of drug-likeness (QED) is 0.651. The predicted octanol–water partition coefficient (Wildman–Crippen LogP) is 3.51. The molecule has 0 radical (unpaired) electrons. The molecule has 1 amide bonds. The first kappa shape index (κ1) is 19.0. The van der Waals surface area contributed by atoms with Crippen LogP contribution >= 0.6 is 11.6 Å². The van der Waals surface area contributed by atoms with Crippen LogP contribution in [-0.4, -0.2) is 55.1 Å². The molecule has 8 nitrogen and oxygen atoms in total. The first-order valence-corrected chi connectivity index (χ1v) is 10.6. The summed E-state index contributed by atoms with van der Waals surface area (Å²) in [5.74, 6) is 0.828. The number of nitrogens with zero attached hydrogens (tertiary/aromatic N) is 5. The number of rotatable bonds is 5. The summed E-state index contributed by atoms with van der Waals surface area (Å²) in [6, 6.07) is 4.45. The van der Waals surface area contributed by atoms with E-state index < -0.39 is 0 Å². The van der Waals surface area contributed by atoms with E-state index in [0.29, 0.717) is 35.8 Å². The Hall–Kier alpha value is -3.00. The largest absolute Gasteiger partial charge is 0.351 e. The number of aromatic amines is 1. The van der Waals surface area contributed by atoms with Crippen molar-refractivity contribution in [3.63, 3.8) is 0 Å². The van der Waals surface area contributed by atoms with Crippen LogP contribution in [-0.2, 0) is 0 Å². The molecule has 1 saturated carbocycles. The average Bonchev–Trinajstić information content (AvgIpc) is 3.51. The summed E-state index contributed by atoms with van der Waals surface area (Å²) in [5, 5.41) is 10.3. The van der Waals surface area contributed by atoms with E-state index in [-0.39, 0.29) is 11.8 Å². The van der Waals surface area contributed by atoms with Crippen LogP contribution in [0.1, 0.15) is 47.8 Å². The fourth-order valence-electron chi connectivity index (χ4n) is 3.88. The molecule has 3 aromatic heterocycles. The Balaban J connectivity index is 1.38. The van der Waals surface area contributed by atoms with Gasteiger partial charge in [0, 0.05) is 49.2 Å². The lowest BCUT2D eigenvalue weighted by atomic mass is 9.89. The number of hydrogen-bond acceptors (Lipinski definition) is 6. The Bertz CT molecular complexity index is 1040. The molecule has 4 heterocycles. The summed E-state index contributed by atoms with van der Waals surface area (Å²) >= 11 is 6.06. The van der Waals surface area contributed by atoms with E-state index in [1.54, 1.807) is 12.4 Å². The third-order valence-corrected chi connectivity index (χ3v) is 5.98. The Labute approximate surface area is 179 Å². The molecule has 154 valence electrons. The van der Waals surface area contributed by atoms with Crippen LogP contribution < -0.4 is 5.32 Å². The number of anilines is 1. The van der Waals surface area contributed by atoms with Crippen molar-refractivity contribution in [2.24, 2.45) is 0 Å². The van der Waals surface area contributed by atoms with Gasteiger partial charge >= 0.3 is 0 Å². The molecular formula is C21H22ClN7O. The number of carbonyl (C=O) groups excluding carboxylic acids is 1. The number of nitrogens with one attached hydrogen (secondary N) is 2. The fourth-order valence-corrected chi connectivity index (χ4v) is 4.05. The molecule has 0 aromatic carbocycles. The molecular weight excluding hydrogens is 402 g/mol. The van der Waals surface area contributed by atoms with Gasteiger partial charge in [-0.05, 0) is 43.4 Å². The van der Waals surface area contributed by atoms with E-state index in [9.17, 15) is 4.79 Å². The van der Waals surface area contributed by atoms with Crippen LogP contribution in [0.25, 0.3) is 11.1 Å². The second-order valence-electron chi connectivity index (χ2n) is 7.81. The van der Waals surface area contributed by atoms with Crippen molar-refractivity contribution in [2.75, 3.05) is 18.4 Å². The minimum absolute atomic E-state index is 0.107. The van der Waals surface area contributed by atoms with Crippen LogP contribution in [0.5, 0.6) is 0 Å². The zero-order valence-corrected chi connectivity index (χ0v) is 17.1. The van der Waals surface area contributed by atoms with E-state index in [2.05, 4.69) is 25.5 Å². The van der Waals surface area contributed by atoms with Crippen LogP contribution in [0.3, 0.4) is 0 Å². The zero-order valence-electron chi connectivity index (χ0n) is 16.4. The van der Waals surface area contributed by atoms with Crippen molar-refractivity contribution in [3.05, 3.63) is 53.3 Å². The van der Waals surface area contributed by atoms with Crippen LogP contribution in [0, 0.1) is 0 Å². The Kier molecular flexibility index (Phi) is 5.08. The minimum Gasteiger partial charge on any atom is -0.351 e. The molecule has 30 heavy (non-hydrogen) atoms. The molecule has 2 N–H and O–H groups in total. The van der Waals surface area contributed by atoms with Gasteiger partial charge in [0.2, 0.25) is 5.95 Å². The van der Waals surface area contributed by atoms with Crippen LogP contribution in [0.4, 0.5) is 5.95 Å². The highest BCUT2D eigenvalue weighted by Crippen LogP contribution is 2.35. The maximum absolute atomic E-state index is 12.7. The number of likely N-dealkylation sites (tertiary alicyclic amines) is 1. The van der Waals surface area contributed by atoms with E-state index in [1.165, 1.54) is 19.0 Å². The lowest BCUT2D eigenvalue weighted by Crippen LogP contribution is -2.38. The van der Waals surface area contributed by atoms with Crippen LogP contribution in [0.15, 0.2) is 36.9 Å². The van der Waals surface area contributed by atoms with Gasteiger partial charge in [0.05, 0.1) is 16.9 Å². The minimum atomic E-state index is -0.107. The number of H-pyrrole nitrogens is 1. The zero-order chi connectivity index (χ0) is 20.5. The lowest BCUT2D eigenvalue weighted by molar-refractivity contribution is 0.0706. The molecule has 1 saturated heterocycles. The molecule has 0 spiro atoms. The third kappa shape index (κ3) is 3.87. The van der Waals surface area contributed by atoms with Crippen molar-refractivity contribution in [2.45, 2.75) is 37.6 Å². The molecule has 3 aromatic rings. The number of halogens is 1. The summed E-state index contributed by atoms with van der Waals surface area (Å²) in [6.07, 6.45) is 10.9. The second-order valence-corrected chi connectivity index (χ2v) is 8.21. The van der Waals surface area contributed by atoms with E-state index >= 15 is 0 Å². The molecule has 1 aliphatic carbocycles. The smallest absolute Gasteiger partial charge is 0.273 e. The monoisotopic (exact) mass is 423 g/mol. The maximum atomic E-state index is 12.7. The van der Waals surface area contributed by atoms with Gasteiger partial charge < -0.3 is 10.2 Å². The Morgan fingerprint density at radius 3 is 2.57 bits per heavy atom. The van der Waals surface area contributed by atoms with Gasteiger partial charge in [0.1, 0.15) is 5.69 Å². The number of piperidine rings is 1. The molecule has 9 heteroatoms. The second kappa shape index (κ2) is 8.02. The number of carbonyl (C=O) groups is 1. The summed E-state index contributed by atoms with van der Waals surface area (Å²) < 4.78 is 0. The van der Waals surface area contributed by atoms with Crippen molar-refractivity contribution < 1.29 is 4.79 Å². The van der Waals surface area contributed by atoms with Gasteiger partial charge in [-0.25, -0.2) is 9.97 Å². The van der Waals surface area contributed by atoms with Gasteiger partial charge in [-0.15, -0.1) is 0 Å². The molecule has 0 bridgehead atoms. The first-order valence-electron chi connectivity index (χ1n) is 10.2. The SMILES string of the molecule is O=C(c1[nH]ncc1Cl)N1CCC(c2nc(NC3CC3)ncc2-c2ccncc2)CC1. The molecule has 2 fully saturated rings. The number of pyridine rings is 1. The van der Waals surface area contributed by atoms with E-state index in [1.807, 2.05) is 23.2 Å².